The first-order valence-electron chi connectivity index (χ1n) is 4.36. The lowest BCUT2D eigenvalue weighted by atomic mass is 10.2. The Hall–Kier alpha value is -0.590. The molecule has 70 valence electrons. The molecule has 0 bridgehead atoms. The van der Waals surface area contributed by atoms with E-state index in [2.05, 4.69) is 24.8 Å². The van der Waals surface area contributed by atoms with Crippen molar-refractivity contribution >= 4 is 0 Å². The highest BCUT2D eigenvalue weighted by Gasteiger charge is 2.10. The van der Waals surface area contributed by atoms with Crippen LogP contribution < -0.4 is 0 Å². The second-order valence-corrected chi connectivity index (χ2v) is 2.85. The summed E-state index contributed by atoms with van der Waals surface area (Å²) >= 11 is 0. The van der Waals surface area contributed by atoms with E-state index in [0.29, 0.717) is 12.6 Å². The maximum atomic E-state index is 8.52. The fourth-order valence-corrected chi connectivity index (χ4v) is 1.14. The van der Waals surface area contributed by atoms with E-state index in [0.717, 1.165) is 19.6 Å². The Balaban J connectivity index is 3.70. The van der Waals surface area contributed by atoms with Gasteiger partial charge >= 0.3 is 0 Å². The van der Waals surface area contributed by atoms with Gasteiger partial charge in [-0.2, -0.15) is 5.26 Å². The molecule has 12 heavy (non-hydrogen) atoms. The SMILES string of the molecule is CCN(CC#N)C(C)CCOC. The highest BCUT2D eigenvalue weighted by atomic mass is 16.5. The van der Waals surface area contributed by atoms with Gasteiger partial charge in [0.1, 0.15) is 0 Å². The molecule has 0 heterocycles. The van der Waals surface area contributed by atoms with Crippen molar-refractivity contribution in [3.05, 3.63) is 0 Å². The normalized spacial score (nSPS) is 12.9. The summed E-state index contributed by atoms with van der Waals surface area (Å²) in [5.74, 6) is 0. The van der Waals surface area contributed by atoms with Gasteiger partial charge in [0, 0.05) is 19.8 Å². The first-order valence-corrected chi connectivity index (χ1v) is 4.36. The quantitative estimate of drug-likeness (QED) is 0.563. The van der Waals surface area contributed by atoms with Crippen molar-refractivity contribution in [1.82, 2.24) is 4.90 Å². The minimum atomic E-state index is 0.439. The summed E-state index contributed by atoms with van der Waals surface area (Å²) in [6, 6.07) is 2.60. The number of hydrogen-bond donors (Lipinski definition) is 0. The Kier molecular flexibility index (Phi) is 6.73. The lowest BCUT2D eigenvalue weighted by Gasteiger charge is -2.24. The largest absolute Gasteiger partial charge is 0.385 e. The van der Waals surface area contributed by atoms with E-state index >= 15 is 0 Å². The summed E-state index contributed by atoms with van der Waals surface area (Å²) in [6.07, 6.45) is 0.992. The Morgan fingerprint density at radius 3 is 2.67 bits per heavy atom. The molecular weight excluding hydrogens is 152 g/mol. The van der Waals surface area contributed by atoms with Crippen LogP contribution in [0.2, 0.25) is 0 Å². The van der Waals surface area contributed by atoms with E-state index in [1.54, 1.807) is 7.11 Å². The van der Waals surface area contributed by atoms with Crippen LogP contribution in [0.25, 0.3) is 0 Å². The number of ether oxygens (including phenoxy) is 1. The maximum Gasteiger partial charge on any atom is 0.0868 e. The van der Waals surface area contributed by atoms with Gasteiger partial charge in [-0.05, 0) is 19.9 Å². The van der Waals surface area contributed by atoms with Gasteiger partial charge in [0.15, 0.2) is 0 Å². The van der Waals surface area contributed by atoms with Crippen molar-refractivity contribution in [1.29, 1.82) is 5.26 Å². The van der Waals surface area contributed by atoms with E-state index < -0.39 is 0 Å². The highest BCUT2D eigenvalue weighted by Crippen LogP contribution is 2.02. The molecule has 3 heteroatoms. The van der Waals surface area contributed by atoms with E-state index in [9.17, 15) is 0 Å². The molecule has 0 aliphatic rings. The molecule has 0 rings (SSSR count). The van der Waals surface area contributed by atoms with Crippen LogP contribution in [-0.4, -0.2) is 37.7 Å². The van der Waals surface area contributed by atoms with Gasteiger partial charge in [0.05, 0.1) is 12.6 Å². The molecule has 0 spiro atoms. The second-order valence-electron chi connectivity index (χ2n) is 2.85. The number of methoxy groups -OCH3 is 1. The predicted octanol–water partition coefficient (Wildman–Crippen LogP) is 1.26. The van der Waals surface area contributed by atoms with Crippen molar-refractivity contribution in [2.75, 3.05) is 26.8 Å². The molecule has 0 saturated carbocycles. The van der Waals surface area contributed by atoms with Crippen LogP contribution in [0.4, 0.5) is 0 Å². The van der Waals surface area contributed by atoms with Crippen LogP contribution in [-0.2, 0) is 4.74 Å². The summed E-state index contributed by atoms with van der Waals surface area (Å²) in [5.41, 5.74) is 0. The summed E-state index contributed by atoms with van der Waals surface area (Å²) in [5, 5.41) is 8.52. The van der Waals surface area contributed by atoms with Gasteiger partial charge < -0.3 is 4.74 Å². The standard InChI is InChI=1S/C9H18N2O/c1-4-11(7-6-10)9(2)5-8-12-3/h9H,4-5,7-8H2,1-3H3. The molecule has 3 nitrogen and oxygen atoms in total. The Morgan fingerprint density at radius 2 is 2.25 bits per heavy atom. The van der Waals surface area contributed by atoms with Gasteiger partial charge in [0.25, 0.3) is 0 Å². The number of rotatable bonds is 6. The van der Waals surface area contributed by atoms with Crippen molar-refractivity contribution in [3.8, 4) is 6.07 Å². The molecule has 0 amide bonds. The van der Waals surface area contributed by atoms with E-state index in [4.69, 9.17) is 10.00 Å². The molecule has 1 unspecified atom stereocenters. The Morgan fingerprint density at radius 1 is 1.58 bits per heavy atom. The first-order chi connectivity index (χ1) is 5.76. The average molecular weight is 170 g/mol. The summed E-state index contributed by atoms with van der Waals surface area (Å²) in [4.78, 5) is 2.14. The molecule has 0 aromatic heterocycles. The van der Waals surface area contributed by atoms with Crippen molar-refractivity contribution in [3.63, 3.8) is 0 Å². The molecule has 0 aromatic rings. The summed E-state index contributed by atoms with van der Waals surface area (Å²) in [6.45, 7) is 6.41. The lowest BCUT2D eigenvalue weighted by molar-refractivity contribution is 0.149. The fourth-order valence-electron chi connectivity index (χ4n) is 1.14. The zero-order chi connectivity index (χ0) is 9.40. The minimum Gasteiger partial charge on any atom is -0.385 e. The highest BCUT2D eigenvalue weighted by molar-refractivity contribution is 4.79. The monoisotopic (exact) mass is 170 g/mol. The number of hydrogen-bond acceptors (Lipinski definition) is 3. The zero-order valence-corrected chi connectivity index (χ0v) is 8.21. The molecule has 0 aromatic carbocycles. The van der Waals surface area contributed by atoms with Crippen molar-refractivity contribution in [2.24, 2.45) is 0 Å². The van der Waals surface area contributed by atoms with Crippen LogP contribution in [0.15, 0.2) is 0 Å². The van der Waals surface area contributed by atoms with Gasteiger partial charge in [-0.15, -0.1) is 0 Å². The van der Waals surface area contributed by atoms with Gasteiger partial charge in [-0.25, -0.2) is 0 Å². The molecule has 0 fully saturated rings. The molecule has 0 radical (unpaired) electrons. The fraction of sp³-hybridized carbons (Fsp3) is 0.889. The van der Waals surface area contributed by atoms with Crippen LogP contribution in [0.5, 0.6) is 0 Å². The zero-order valence-electron chi connectivity index (χ0n) is 8.21. The first kappa shape index (κ1) is 11.4. The van der Waals surface area contributed by atoms with E-state index in [1.807, 2.05) is 0 Å². The van der Waals surface area contributed by atoms with Gasteiger partial charge in [0.2, 0.25) is 0 Å². The third-order valence-corrected chi connectivity index (χ3v) is 2.04. The molecule has 0 aliphatic carbocycles. The maximum absolute atomic E-state index is 8.52. The van der Waals surface area contributed by atoms with Gasteiger partial charge in [-0.1, -0.05) is 6.92 Å². The molecule has 1 atom stereocenters. The molecule has 0 saturated heterocycles. The van der Waals surface area contributed by atoms with Crippen molar-refractivity contribution in [2.45, 2.75) is 26.3 Å². The lowest BCUT2D eigenvalue weighted by Crippen LogP contribution is -2.34. The molecule has 0 aliphatic heterocycles. The summed E-state index contributed by atoms with van der Waals surface area (Å²) < 4.78 is 4.98. The van der Waals surface area contributed by atoms with Crippen LogP contribution in [0.1, 0.15) is 20.3 Å². The minimum absolute atomic E-state index is 0.439. The van der Waals surface area contributed by atoms with E-state index in [-0.39, 0.29) is 0 Å². The smallest absolute Gasteiger partial charge is 0.0868 e. The van der Waals surface area contributed by atoms with Crippen LogP contribution in [0.3, 0.4) is 0 Å². The van der Waals surface area contributed by atoms with Crippen molar-refractivity contribution < 1.29 is 4.74 Å². The average Bonchev–Trinajstić information content (AvgIpc) is 2.10. The Bertz CT molecular complexity index is 142. The topological polar surface area (TPSA) is 36.3 Å². The molecule has 0 N–H and O–H groups in total. The third kappa shape index (κ3) is 4.32. The predicted molar refractivity (Wildman–Crippen MR) is 48.8 cm³/mol. The number of nitriles is 1. The van der Waals surface area contributed by atoms with Crippen LogP contribution in [0, 0.1) is 11.3 Å². The van der Waals surface area contributed by atoms with Gasteiger partial charge in [-0.3, -0.25) is 4.90 Å². The van der Waals surface area contributed by atoms with Crippen LogP contribution >= 0.6 is 0 Å². The Labute approximate surface area is 74.9 Å². The number of nitrogens with zero attached hydrogens (tertiary/aromatic N) is 2. The third-order valence-electron chi connectivity index (χ3n) is 2.04. The second kappa shape index (κ2) is 7.08. The van der Waals surface area contributed by atoms with E-state index in [1.165, 1.54) is 0 Å². The summed E-state index contributed by atoms with van der Waals surface area (Å²) in [7, 11) is 1.70. The molecular formula is C9H18N2O.